The molecule has 0 aromatic carbocycles. The molecular weight excluding hydrogens is 230 g/mol. The van der Waals surface area contributed by atoms with E-state index in [9.17, 15) is 0 Å². The highest BCUT2D eigenvalue weighted by molar-refractivity contribution is 5.29. The molecule has 5 nitrogen and oxygen atoms in total. The molecule has 1 aromatic heterocycles. The number of anilines is 1. The Morgan fingerprint density at radius 1 is 1.44 bits per heavy atom. The minimum atomic E-state index is 0.155. The summed E-state index contributed by atoms with van der Waals surface area (Å²) in [5.41, 5.74) is 0. The summed E-state index contributed by atoms with van der Waals surface area (Å²) in [6.07, 6.45) is 3.31. The lowest BCUT2D eigenvalue weighted by atomic mass is 10.0. The molecule has 18 heavy (non-hydrogen) atoms. The second-order valence-electron chi connectivity index (χ2n) is 4.57. The van der Waals surface area contributed by atoms with Crippen LogP contribution < -0.4 is 10.1 Å². The summed E-state index contributed by atoms with van der Waals surface area (Å²) in [6.45, 7) is 7.06. The minimum absolute atomic E-state index is 0.155. The maximum Gasteiger partial charge on any atom is 0.226 e. The van der Waals surface area contributed by atoms with Gasteiger partial charge in [0, 0.05) is 24.9 Å². The Morgan fingerprint density at radius 3 is 2.83 bits per heavy atom. The van der Waals surface area contributed by atoms with Gasteiger partial charge in [-0.2, -0.15) is 4.98 Å². The lowest BCUT2D eigenvalue weighted by Crippen LogP contribution is -2.27. The van der Waals surface area contributed by atoms with E-state index in [2.05, 4.69) is 36.1 Å². The zero-order chi connectivity index (χ0) is 13.4. The van der Waals surface area contributed by atoms with Crippen molar-refractivity contribution in [3.05, 3.63) is 12.3 Å². The quantitative estimate of drug-likeness (QED) is 0.742. The molecule has 0 radical (unpaired) electrons. The van der Waals surface area contributed by atoms with Crippen LogP contribution in [0, 0.1) is 5.92 Å². The highest BCUT2D eigenvalue weighted by Crippen LogP contribution is 2.14. The summed E-state index contributed by atoms with van der Waals surface area (Å²) in [5.74, 6) is 1.54. The molecule has 0 amide bonds. The first-order chi connectivity index (χ1) is 8.67. The van der Waals surface area contributed by atoms with Crippen molar-refractivity contribution in [1.82, 2.24) is 9.97 Å². The zero-order valence-electron chi connectivity index (χ0n) is 11.4. The van der Waals surface area contributed by atoms with E-state index < -0.39 is 0 Å². The smallest absolute Gasteiger partial charge is 0.226 e. The Kier molecular flexibility index (Phi) is 6.43. The van der Waals surface area contributed by atoms with E-state index in [4.69, 9.17) is 9.84 Å². The van der Waals surface area contributed by atoms with Gasteiger partial charge in [0.15, 0.2) is 0 Å². The molecule has 1 rings (SSSR count). The third-order valence-electron chi connectivity index (χ3n) is 2.64. The van der Waals surface area contributed by atoms with E-state index in [-0.39, 0.29) is 12.6 Å². The second-order valence-corrected chi connectivity index (χ2v) is 4.57. The van der Waals surface area contributed by atoms with Gasteiger partial charge in [-0.1, -0.05) is 20.8 Å². The summed E-state index contributed by atoms with van der Waals surface area (Å²) in [4.78, 5) is 8.46. The van der Waals surface area contributed by atoms with Gasteiger partial charge in [-0.15, -0.1) is 0 Å². The average molecular weight is 253 g/mol. The molecule has 2 N–H and O–H groups in total. The summed E-state index contributed by atoms with van der Waals surface area (Å²) in [5, 5.41) is 12.3. The van der Waals surface area contributed by atoms with Crippen molar-refractivity contribution < 1.29 is 9.84 Å². The number of hydrogen-bond acceptors (Lipinski definition) is 5. The number of ether oxygens (including phenoxy) is 1. The number of aliphatic hydroxyl groups excluding tert-OH is 1. The number of rotatable bonds is 8. The lowest BCUT2D eigenvalue weighted by molar-refractivity contribution is 0.267. The number of hydrogen-bond donors (Lipinski definition) is 2. The standard InChI is InChI=1S/C13H23N3O2/c1-4-9-18-12-5-7-14-13(16-12)15-11(6-8-17)10(2)3/h5,7,10-11,17H,4,6,8-9H2,1-3H3,(H,14,15,16). The minimum Gasteiger partial charge on any atom is -0.478 e. The molecule has 1 heterocycles. The van der Waals surface area contributed by atoms with Crippen LogP contribution in [0.25, 0.3) is 0 Å². The fourth-order valence-electron chi connectivity index (χ4n) is 1.58. The van der Waals surface area contributed by atoms with E-state index in [0.29, 0.717) is 30.8 Å². The van der Waals surface area contributed by atoms with Gasteiger partial charge in [0.05, 0.1) is 6.61 Å². The van der Waals surface area contributed by atoms with Crippen LogP contribution in [0.2, 0.25) is 0 Å². The first-order valence-electron chi connectivity index (χ1n) is 6.50. The topological polar surface area (TPSA) is 67.3 Å². The van der Waals surface area contributed by atoms with Crippen molar-refractivity contribution >= 4 is 5.95 Å². The van der Waals surface area contributed by atoms with Gasteiger partial charge in [0.2, 0.25) is 11.8 Å². The summed E-state index contributed by atoms with van der Waals surface area (Å²) in [6, 6.07) is 1.91. The van der Waals surface area contributed by atoms with E-state index in [1.807, 2.05) is 0 Å². The largest absolute Gasteiger partial charge is 0.478 e. The van der Waals surface area contributed by atoms with E-state index in [1.54, 1.807) is 12.3 Å². The predicted molar refractivity (Wildman–Crippen MR) is 71.8 cm³/mol. The van der Waals surface area contributed by atoms with Crippen molar-refractivity contribution in [3.8, 4) is 5.88 Å². The number of nitrogens with zero attached hydrogens (tertiary/aromatic N) is 2. The van der Waals surface area contributed by atoms with Crippen LogP contribution in [0.15, 0.2) is 12.3 Å². The third kappa shape index (κ3) is 4.87. The lowest BCUT2D eigenvalue weighted by Gasteiger charge is -2.21. The molecular formula is C13H23N3O2. The van der Waals surface area contributed by atoms with Crippen molar-refractivity contribution in [2.24, 2.45) is 5.92 Å². The molecule has 1 aromatic rings. The average Bonchev–Trinajstić information content (AvgIpc) is 2.36. The molecule has 0 aliphatic rings. The van der Waals surface area contributed by atoms with Crippen LogP contribution in [0.5, 0.6) is 5.88 Å². The van der Waals surface area contributed by atoms with Crippen LogP contribution in [-0.4, -0.2) is 34.3 Å². The van der Waals surface area contributed by atoms with Crippen molar-refractivity contribution in [3.63, 3.8) is 0 Å². The van der Waals surface area contributed by atoms with Gasteiger partial charge >= 0.3 is 0 Å². The number of aromatic nitrogens is 2. The van der Waals surface area contributed by atoms with Gasteiger partial charge in [-0.25, -0.2) is 4.98 Å². The molecule has 0 spiro atoms. The fourth-order valence-corrected chi connectivity index (χ4v) is 1.58. The Balaban J connectivity index is 2.64. The second kappa shape index (κ2) is 7.87. The molecule has 0 fully saturated rings. The Bertz CT molecular complexity index is 345. The molecule has 0 saturated heterocycles. The van der Waals surface area contributed by atoms with E-state index in [1.165, 1.54) is 0 Å². The van der Waals surface area contributed by atoms with Gasteiger partial charge in [-0.3, -0.25) is 0 Å². The normalized spacial score (nSPS) is 12.5. The predicted octanol–water partition coefficient (Wildman–Crippen LogP) is 2.08. The highest BCUT2D eigenvalue weighted by atomic mass is 16.5. The monoisotopic (exact) mass is 253 g/mol. The van der Waals surface area contributed by atoms with Crippen LogP contribution in [0.4, 0.5) is 5.95 Å². The molecule has 0 aliphatic carbocycles. The molecule has 0 saturated carbocycles. The van der Waals surface area contributed by atoms with Crippen LogP contribution in [0.1, 0.15) is 33.6 Å². The Morgan fingerprint density at radius 2 is 2.22 bits per heavy atom. The molecule has 102 valence electrons. The van der Waals surface area contributed by atoms with Crippen molar-refractivity contribution in [1.29, 1.82) is 0 Å². The van der Waals surface area contributed by atoms with Crippen LogP contribution in [0.3, 0.4) is 0 Å². The maximum atomic E-state index is 9.03. The first-order valence-corrected chi connectivity index (χ1v) is 6.50. The van der Waals surface area contributed by atoms with Crippen LogP contribution in [-0.2, 0) is 0 Å². The first kappa shape index (κ1) is 14.7. The van der Waals surface area contributed by atoms with Gasteiger partial charge in [-0.05, 0) is 18.8 Å². The third-order valence-corrected chi connectivity index (χ3v) is 2.64. The Hall–Kier alpha value is -1.36. The van der Waals surface area contributed by atoms with Gasteiger partial charge in [0.25, 0.3) is 0 Å². The fraction of sp³-hybridized carbons (Fsp3) is 0.692. The Labute approximate surface area is 109 Å². The van der Waals surface area contributed by atoms with Crippen molar-refractivity contribution in [2.75, 3.05) is 18.5 Å². The molecule has 0 aliphatic heterocycles. The van der Waals surface area contributed by atoms with Gasteiger partial charge < -0.3 is 15.2 Å². The van der Waals surface area contributed by atoms with Crippen molar-refractivity contribution in [2.45, 2.75) is 39.7 Å². The SMILES string of the molecule is CCCOc1ccnc(NC(CCO)C(C)C)n1. The summed E-state index contributed by atoms with van der Waals surface area (Å²) < 4.78 is 5.46. The van der Waals surface area contributed by atoms with Crippen LogP contribution >= 0.6 is 0 Å². The zero-order valence-corrected chi connectivity index (χ0v) is 11.4. The summed E-state index contributed by atoms with van der Waals surface area (Å²) >= 11 is 0. The number of nitrogens with one attached hydrogen (secondary N) is 1. The molecule has 1 unspecified atom stereocenters. The maximum absolute atomic E-state index is 9.03. The van der Waals surface area contributed by atoms with Gasteiger partial charge in [0.1, 0.15) is 0 Å². The van der Waals surface area contributed by atoms with E-state index in [0.717, 1.165) is 6.42 Å². The molecule has 1 atom stereocenters. The molecule has 0 bridgehead atoms. The summed E-state index contributed by atoms with van der Waals surface area (Å²) in [7, 11) is 0. The molecule has 5 heteroatoms. The van der Waals surface area contributed by atoms with E-state index >= 15 is 0 Å². The highest BCUT2D eigenvalue weighted by Gasteiger charge is 2.14. The number of aliphatic hydroxyl groups is 1.